The number of rotatable bonds is 7. The molecular formula is C22H32N6O2S. The summed E-state index contributed by atoms with van der Waals surface area (Å²) in [4.78, 5) is 28.8. The monoisotopic (exact) mass is 444 g/mol. The van der Waals surface area contributed by atoms with Gasteiger partial charge in [-0.15, -0.1) is 10.2 Å². The van der Waals surface area contributed by atoms with Crippen LogP contribution in [0, 0.1) is 0 Å². The molecule has 1 aromatic carbocycles. The number of hydrogen-bond donors (Lipinski definition) is 1. The SMILES string of the molecule is CCn1c(SCC(=O)N2CCN(CC(=O)NC(C)(C)C)CC2)nnc1-c1ccccc1. The molecule has 2 amide bonds. The van der Waals surface area contributed by atoms with Crippen LogP contribution >= 0.6 is 11.8 Å². The minimum atomic E-state index is -0.231. The maximum Gasteiger partial charge on any atom is 0.234 e. The average Bonchev–Trinajstić information content (AvgIpc) is 3.14. The van der Waals surface area contributed by atoms with Crippen molar-refractivity contribution in [1.82, 2.24) is 29.9 Å². The van der Waals surface area contributed by atoms with E-state index >= 15 is 0 Å². The molecule has 1 fully saturated rings. The molecule has 168 valence electrons. The maximum absolute atomic E-state index is 12.7. The first-order valence-corrected chi connectivity index (χ1v) is 11.7. The summed E-state index contributed by atoms with van der Waals surface area (Å²) in [6, 6.07) is 9.95. The van der Waals surface area contributed by atoms with Gasteiger partial charge in [0.05, 0.1) is 12.3 Å². The second kappa shape index (κ2) is 10.3. The Kier molecular flexibility index (Phi) is 7.72. The van der Waals surface area contributed by atoms with Gasteiger partial charge in [-0.1, -0.05) is 42.1 Å². The lowest BCUT2D eigenvalue weighted by atomic mass is 10.1. The molecule has 0 spiro atoms. The molecule has 31 heavy (non-hydrogen) atoms. The number of carbonyl (C=O) groups is 2. The zero-order valence-corrected chi connectivity index (χ0v) is 19.6. The second-order valence-corrected chi connectivity index (χ2v) is 9.60. The second-order valence-electron chi connectivity index (χ2n) is 8.66. The van der Waals surface area contributed by atoms with E-state index in [4.69, 9.17) is 0 Å². The van der Waals surface area contributed by atoms with Crippen LogP contribution in [-0.2, 0) is 16.1 Å². The fourth-order valence-electron chi connectivity index (χ4n) is 3.52. The first kappa shape index (κ1) is 23.3. The summed E-state index contributed by atoms with van der Waals surface area (Å²) < 4.78 is 2.04. The Morgan fingerprint density at radius 2 is 1.74 bits per heavy atom. The van der Waals surface area contributed by atoms with Gasteiger partial charge in [0.15, 0.2) is 11.0 Å². The van der Waals surface area contributed by atoms with Crippen molar-refractivity contribution in [2.45, 2.75) is 44.9 Å². The summed E-state index contributed by atoms with van der Waals surface area (Å²) in [6.07, 6.45) is 0. The van der Waals surface area contributed by atoms with Crippen LogP contribution in [0.3, 0.4) is 0 Å². The molecule has 8 nitrogen and oxygen atoms in total. The highest BCUT2D eigenvalue weighted by Gasteiger charge is 2.24. The van der Waals surface area contributed by atoms with Crippen LogP contribution in [0.25, 0.3) is 11.4 Å². The van der Waals surface area contributed by atoms with Crippen molar-refractivity contribution in [2.24, 2.45) is 0 Å². The van der Waals surface area contributed by atoms with Crippen molar-refractivity contribution in [3.8, 4) is 11.4 Å². The number of nitrogens with one attached hydrogen (secondary N) is 1. The predicted octanol–water partition coefficient (Wildman–Crippen LogP) is 2.12. The number of benzene rings is 1. The Bertz CT molecular complexity index is 885. The molecule has 1 aliphatic heterocycles. The third-order valence-electron chi connectivity index (χ3n) is 5.00. The van der Waals surface area contributed by atoms with Crippen molar-refractivity contribution >= 4 is 23.6 Å². The molecule has 9 heteroatoms. The van der Waals surface area contributed by atoms with E-state index in [1.165, 1.54) is 11.8 Å². The lowest BCUT2D eigenvalue weighted by Gasteiger charge is -2.34. The van der Waals surface area contributed by atoms with Crippen LogP contribution in [0.4, 0.5) is 0 Å². The smallest absolute Gasteiger partial charge is 0.234 e. The Labute approximate surface area is 188 Å². The number of aromatic nitrogens is 3. The molecule has 0 radical (unpaired) electrons. The maximum atomic E-state index is 12.7. The molecule has 1 saturated heterocycles. The number of hydrogen-bond acceptors (Lipinski definition) is 6. The fraction of sp³-hybridized carbons (Fsp3) is 0.545. The molecule has 1 aliphatic rings. The van der Waals surface area contributed by atoms with Gasteiger partial charge < -0.3 is 14.8 Å². The lowest BCUT2D eigenvalue weighted by molar-refractivity contribution is -0.130. The van der Waals surface area contributed by atoms with E-state index in [1.54, 1.807) is 0 Å². The van der Waals surface area contributed by atoms with Gasteiger partial charge in [-0.2, -0.15) is 0 Å². The largest absolute Gasteiger partial charge is 0.350 e. The Balaban J connectivity index is 1.49. The summed E-state index contributed by atoms with van der Waals surface area (Å²) in [7, 11) is 0. The van der Waals surface area contributed by atoms with Crippen LogP contribution in [0.5, 0.6) is 0 Å². The van der Waals surface area contributed by atoms with E-state index in [9.17, 15) is 9.59 Å². The summed E-state index contributed by atoms with van der Waals surface area (Å²) in [5.41, 5.74) is 0.785. The molecular weight excluding hydrogens is 412 g/mol. The molecule has 2 heterocycles. The first-order chi connectivity index (χ1) is 14.8. The molecule has 1 aromatic heterocycles. The Morgan fingerprint density at radius 1 is 1.06 bits per heavy atom. The van der Waals surface area contributed by atoms with Crippen LogP contribution in [0.15, 0.2) is 35.5 Å². The lowest BCUT2D eigenvalue weighted by Crippen LogP contribution is -2.53. The highest BCUT2D eigenvalue weighted by atomic mass is 32.2. The van der Waals surface area contributed by atoms with Gasteiger partial charge in [-0.05, 0) is 27.7 Å². The van der Waals surface area contributed by atoms with E-state index in [1.807, 2.05) is 60.6 Å². The van der Waals surface area contributed by atoms with E-state index in [0.29, 0.717) is 38.5 Å². The summed E-state index contributed by atoms with van der Waals surface area (Å²) in [5, 5.41) is 12.4. The van der Waals surface area contributed by atoms with E-state index < -0.39 is 0 Å². The topological polar surface area (TPSA) is 83.4 Å². The van der Waals surface area contributed by atoms with Crippen molar-refractivity contribution in [1.29, 1.82) is 0 Å². The third-order valence-corrected chi connectivity index (χ3v) is 5.95. The Hall–Kier alpha value is -2.39. The van der Waals surface area contributed by atoms with Crippen molar-refractivity contribution in [3.63, 3.8) is 0 Å². The van der Waals surface area contributed by atoms with Crippen molar-refractivity contribution in [2.75, 3.05) is 38.5 Å². The molecule has 0 aliphatic carbocycles. The van der Waals surface area contributed by atoms with Crippen LogP contribution in [0.2, 0.25) is 0 Å². The van der Waals surface area contributed by atoms with Crippen LogP contribution in [-0.4, -0.2) is 80.4 Å². The van der Waals surface area contributed by atoms with E-state index in [0.717, 1.165) is 23.1 Å². The molecule has 0 bridgehead atoms. The zero-order chi connectivity index (χ0) is 22.4. The van der Waals surface area contributed by atoms with Gasteiger partial charge in [-0.3, -0.25) is 14.5 Å². The van der Waals surface area contributed by atoms with Gasteiger partial charge in [0, 0.05) is 43.8 Å². The molecule has 3 rings (SSSR count). The highest BCUT2D eigenvalue weighted by Crippen LogP contribution is 2.24. The quantitative estimate of drug-likeness (QED) is 0.659. The standard InChI is InChI=1S/C22H32N6O2S/c1-5-28-20(17-9-7-6-8-10-17)24-25-21(28)31-16-19(30)27-13-11-26(12-14-27)15-18(29)23-22(2,3)4/h6-10H,5,11-16H2,1-4H3,(H,23,29). The van der Waals surface area contributed by atoms with Gasteiger partial charge in [-0.25, -0.2) is 0 Å². The van der Waals surface area contributed by atoms with Crippen molar-refractivity contribution < 1.29 is 9.59 Å². The molecule has 0 atom stereocenters. The van der Waals surface area contributed by atoms with Crippen LogP contribution in [0.1, 0.15) is 27.7 Å². The minimum Gasteiger partial charge on any atom is -0.350 e. The fourth-order valence-corrected chi connectivity index (χ4v) is 4.42. The minimum absolute atomic E-state index is 0.0240. The predicted molar refractivity (Wildman–Crippen MR) is 123 cm³/mol. The molecule has 2 aromatic rings. The summed E-state index contributed by atoms with van der Waals surface area (Å²) in [6.45, 7) is 11.8. The number of piperazine rings is 1. The Morgan fingerprint density at radius 3 is 2.35 bits per heavy atom. The van der Waals surface area contributed by atoms with Gasteiger partial charge in [0.2, 0.25) is 11.8 Å². The van der Waals surface area contributed by atoms with Gasteiger partial charge in [0.1, 0.15) is 0 Å². The third kappa shape index (κ3) is 6.54. The summed E-state index contributed by atoms with van der Waals surface area (Å²) >= 11 is 1.43. The highest BCUT2D eigenvalue weighted by molar-refractivity contribution is 7.99. The number of thioether (sulfide) groups is 1. The van der Waals surface area contributed by atoms with Crippen LogP contribution < -0.4 is 5.32 Å². The average molecular weight is 445 g/mol. The molecule has 1 N–H and O–H groups in total. The number of nitrogens with zero attached hydrogens (tertiary/aromatic N) is 5. The zero-order valence-electron chi connectivity index (χ0n) is 18.8. The normalized spacial score (nSPS) is 15.2. The number of amides is 2. The number of carbonyl (C=O) groups excluding carboxylic acids is 2. The van der Waals surface area contributed by atoms with Crippen molar-refractivity contribution in [3.05, 3.63) is 30.3 Å². The summed E-state index contributed by atoms with van der Waals surface area (Å²) in [5.74, 6) is 1.27. The van der Waals surface area contributed by atoms with E-state index in [-0.39, 0.29) is 17.4 Å². The van der Waals surface area contributed by atoms with Gasteiger partial charge in [0.25, 0.3) is 0 Å². The van der Waals surface area contributed by atoms with E-state index in [2.05, 4.69) is 27.3 Å². The molecule has 0 unspecified atom stereocenters. The van der Waals surface area contributed by atoms with Gasteiger partial charge >= 0.3 is 0 Å². The first-order valence-electron chi connectivity index (χ1n) is 10.7. The molecule has 0 saturated carbocycles.